The van der Waals surface area contributed by atoms with E-state index >= 15 is 0 Å². The van der Waals surface area contributed by atoms with Crippen molar-refractivity contribution in [1.82, 2.24) is 9.88 Å². The summed E-state index contributed by atoms with van der Waals surface area (Å²) >= 11 is 0. The van der Waals surface area contributed by atoms with Crippen LogP contribution >= 0.6 is 0 Å². The average molecular weight is 288 g/mol. The molecule has 0 unspecified atom stereocenters. The van der Waals surface area contributed by atoms with Gasteiger partial charge in [-0.2, -0.15) is 0 Å². The smallest absolute Gasteiger partial charge is 0.255 e. The van der Waals surface area contributed by atoms with Crippen molar-refractivity contribution in [2.45, 2.75) is 18.9 Å². The second kappa shape index (κ2) is 5.77. The Morgan fingerprint density at radius 3 is 2.71 bits per heavy atom. The first kappa shape index (κ1) is 13.9. The number of H-pyrrole nitrogens is 1. The van der Waals surface area contributed by atoms with Gasteiger partial charge < -0.3 is 19.4 Å². The van der Waals surface area contributed by atoms with Gasteiger partial charge in [-0.3, -0.25) is 4.79 Å². The average Bonchev–Trinajstić information content (AvgIpc) is 2.49. The molecule has 5 heteroatoms. The Balaban J connectivity index is 1.92. The summed E-state index contributed by atoms with van der Waals surface area (Å²) < 4.78 is 11.5. The molecule has 0 aliphatic carbocycles. The molecule has 112 valence electrons. The summed E-state index contributed by atoms with van der Waals surface area (Å²) in [6, 6.07) is 5.51. The predicted molar refractivity (Wildman–Crippen MR) is 82.3 cm³/mol. The highest BCUT2D eigenvalue weighted by molar-refractivity contribution is 5.85. The van der Waals surface area contributed by atoms with Crippen molar-refractivity contribution < 1.29 is 9.47 Å². The highest BCUT2D eigenvalue weighted by atomic mass is 16.5. The number of nitrogens with zero attached hydrogens (tertiary/aromatic N) is 1. The van der Waals surface area contributed by atoms with Gasteiger partial charge in [0.2, 0.25) is 0 Å². The number of aromatic nitrogens is 1. The van der Waals surface area contributed by atoms with E-state index < -0.39 is 0 Å². The van der Waals surface area contributed by atoms with Gasteiger partial charge >= 0.3 is 0 Å². The molecule has 1 aromatic heterocycles. The molecule has 0 atom stereocenters. The van der Waals surface area contributed by atoms with E-state index in [9.17, 15) is 4.79 Å². The number of likely N-dealkylation sites (tertiary alicyclic amines) is 1. The normalized spacial score (nSPS) is 17.0. The second-order valence-corrected chi connectivity index (χ2v) is 5.52. The highest BCUT2D eigenvalue weighted by Gasteiger charge is 2.20. The van der Waals surface area contributed by atoms with Crippen molar-refractivity contribution in [2.24, 2.45) is 0 Å². The molecule has 0 amide bonds. The molecule has 2 heterocycles. The van der Waals surface area contributed by atoms with Crippen LogP contribution in [0, 0.1) is 0 Å². The number of aromatic amines is 1. The molecule has 1 saturated heterocycles. The van der Waals surface area contributed by atoms with Crippen LogP contribution in [0.2, 0.25) is 0 Å². The molecule has 2 aromatic rings. The van der Waals surface area contributed by atoms with Crippen molar-refractivity contribution >= 4 is 10.8 Å². The number of ether oxygens (including phenoxy) is 2. The lowest BCUT2D eigenvalue weighted by Crippen LogP contribution is -2.35. The maximum atomic E-state index is 11.8. The number of benzene rings is 1. The van der Waals surface area contributed by atoms with Crippen LogP contribution in [0.4, 0.5) is 0 Å². The monoisotopic (exact) mass is 288 g/mol. The van der Waals surface area contributed by atoms with E-state index in [0.29, 0.717) is 16.9 Å². The van der Waals surface area contributed by atoms with Crippen molar-refractivity contribution in [2.75, 3.05) is 27.2 Å². The van der Waals surface area contributed by atoms with Gasteiger partial charge in [-0.15, -0.1) is 0 Å². The molecule has 0 radical (unpaired) electrons. The largest absolute Gasteiger partial charge is 0.493 e. The molecule has 0 spiro atoms. The molecule has 1 N–H and O–H groups in total. The Morgan fingerprint density at radius 1 is 1.24 bits per heavy atom. The van der Waals surface area contributed by atoms with E-state index in [-0.39, 0.29) is 11.7 Å². The number of pyridine rings is 1. The maximum Gasteiger partial charge on any atom is 0.255 e. The Hall–Kier alpha value is -2.01. The van der Waals surface area contributed by atoms with Crippen molar-refractivity contribution in [1.29, 1.82) is 0 Å². The molecule has 5 nitrogen and oxygen atoms in total. The number of piperidine rings is 1. The lowest BCUT2D eigenvalue weighted by Gasteiger charge is -2.29. The summed E-state index contributed by atoms with van der Waals surface area (Å²) in [6.45, 7) is 2.08. The fourth-order valence-corrected chi connectivity index (χ4v) is 2.73. The molecular formula is C16H20N2O3. The van der Waals surface area contributed by atoms with Gasteiger partial charge in [-0.25, -0.2) is 0 Å². The zero-order chi connectivity index (χ0) is 14.8. The van der Waals surface area contributed by atoms with Crippen LogP contribution in [-0.2, 0) is 0 Å². The zero-order valence-electron chi connectivity index (χ0n) is 12.4. The minimum Gasteiger partial charge on any atom is -0.493 e. The number of fused-ring (bicyclic) bond motifs is 1. The van der Waals surface area contributed by atoms with Gasteiger partial charge in [0.15, 0.2) is 11.5 Å². The van der Waals surface area contributed by atoms with Crippen LogP contribution in [0.25, 0.3) is 10.8 Å². The standard InChI is InChI=1S/C16H20N2O3/c1-18-7-4-12(5-8-18)21-15-9-11-3-6-17-16(19)13(11)10-14(15)20-2/h3,6,9-10,12H,4-5,7-8H2,1-2H3,(H,17,19). The molecule has 0 bridgehead atoms. The number of rotatable bonds is 3. The second-order valence-electron chi connectivity index (χ2n) is 5.52. The van der Waals surface area contributed by atoms with E-state index in [2.05, 4.69) is 16.9 Å². The van der Waals surface area contributed by atoms with Crippen LogP contribution in [0.5, 0.6) is 11.5 Å². The summed E-state index contributed by atoms with van der Waals surface area (Å²) in [7, 11) is 3.72. The number of hydrogen-bond acceptors (Lipinski definition) is 4. The molecular weight excluding hydrogens is 268 g/mol. The lowest BCUT2D eigenvalue weighted by molar-refractivity contribution is 0.111. The van der Waals surface area contributed by atoms with Gasteiger partial charge in [0.1, 0.15) is 6.10 Å². The van der Waals surface area contributed by atoms with E-state index in [1.165, 1.54) is 0 Å². The first-order valence-corrected chi connectivity index (χ1v) is 7.22. The Bertz CT molecular complexity index is 687. The summed E-state index contributed by atoms with van der Waals surface area (Å²) in [6.07, 6.45) is 3.87. The quantitative estimate of drug-likeness (QED) is 0.938. The summed E-state index contributed by atoms with van der Waals surface area (Å²) in [5, 5.41) is 1.48. The highest BCUT2D eigenvalue weighted by Crippen LogP contribution is 2.32. The molecule has 21 heavy (non-hydrogen) atoms. The summed E-state index contributed by atoms with van der Waals surface area (Å²) in [5.41, 5.74) is -0.114. The number of methoxy groups -OCH3 is 1. The van der Waals surface area contributed by atoms with Gasteiger partial charge in [-0.05, 0) is 43.5 Å². The van der Waals surface area contributed by atoms with Gasteiger partial charge in [0.05, 0.1) is 12.5 Å². The van der Waals surface area contributed by atoms with E-state index in [0.717, 1.165) is 31.3 Å². The fraction of sp³-hybridized carbons (Fsp3) is 0.438. The lowest BCUT2D eigenvalue weighted by atomic mass is 10.1. The van der Waals surface area contributed by atoms with Crippen molar-refractivity contribution in [3.05, 3.63) is 34.7 Å². The van der Waals surface area contributed by atoms with Crippen LogP contribution < -0.4 is 15.0 Å². The van der Waals surface area contributed by atoms with Gasteiger partial charge in [0.25, 0.3) is 5.56 Å². The first-order valence-electron chi connectivity index (χ1n) is 7.22. The Labute approximate surface area is 123 Å². The third-order valence-electron chi connectivity index (χ3n) is 4.02. The minimum absolute atomic E-state index is 0.114. The van der Waals surface area contributed by atoms with E-state index in [4.69, 9.17) is 9.47 Å². The molecule has 1 aliphatic heterocycles. The topological polar surface area (TPSA) is 54.6 Å². The molecule has 1 aromatic carbocycles. The summed E-state index contributed by atoms with van der Waals surface area (Å²) in [5.74, 6) is 1.32. The van der Waals surface area contributed by atoms with Crippen LogP contribution in [0.1, 0.15) is 12.8 Å². The van der Waals surface area contributed by atoms with Gasteiger partial charge in [-0.1, -0.05) is 0 Å². The van der Waals surface area contributed by atoms with Crippen molar-refractivity contribution in [3.63, 3.8) is 0 Å². The Kier molecular flexibility index (Phi) is 3.84. The van der Waals surface area contributed by atoms with Crippen molar-refractivity contribution in [3.8, 4) is 11.5 Å². The van der Waals surface area contributed by atoms with E-state index in [1.807, 2.05) is 12.1 Å². The van der Waals surface area contributed by atoms with Gasteiger partial charge in [0, 0.05) is 19.3 Å². The third kappa shape index (κ3) is 2.88. The molecule has 1 aliphatic rings. The van der Waals surface area contributed by atoms with E-state index in [1.54, 1.807) is 19.4 Å². The maximum absolute atomic E-state index is 11.8. The SMILES string of the molecule is COc1cc2c(=O)[nH]ccc2cc1OC1CCN(C)CC1. The van der Waals surface area contributed by atoms with Crippen LogP contribution in [0.3, 0.4) is 0 Å². The first-order chi connectivity index (χ1) is 10.2. The molecule has 3 rings (SSSR count). The zero-order valence-corrected chi connectivity index (χ0v) is 12.4. The number of nitrogens with one attached hydrogen (secondary N) is 1. The Morgan fingerprint density at radius 2 is 2.00 bits per heavy atom. The third-order valence-corrected chi connectivity index (χ3v) is 4.02. The predicted octanol–water partition coefficient (Wildman–Crippen LogP) is 2.01. The van der Waals surface area contributed by atoms with Crippen LogP contribution in [-0.4, -0.2) is 43.2 Å². The molecule has 0 saturated carbocycles. The minimum atomic E-state index is -0.114. The molecule has 1 fully saturated rings. The number of hydrogen-bond donors (Lipinski definition) is 1. The summed E-state index contributed by atoms with van der Waals surface area (Å²) in [4.78, 5) is 16.8. The fourth-order valence-electron chi connectivity index (χ4n) is 2.73. The van der Waals surface area contributed by atoms with Crippen LogP contribution in [0.15, 0.2) is 29.2 Å².